The molecule has 82 valence electrons. The Bertz CT molecular complexity index is 346. The fourth-order valence-corrected chi connectivity index (χ4v) is 1.13. The molecule has 0 saturated carbocycles. The molecule has 4 heteroatoms. The molecule has 0 fully saturated rings. The van der Waals surface area contributed by atoms with Gasteiger partial charge in [-0.05, 0) is 30.7 Å². The van der Waals surface area contributed by atoms with Crippen LogP contribution >= 0.6 is 0 Å². The van der Waals surface area contributed by atoms with E-state index in [9.17, 15) is 4.79 Å². The van der Waals surface area contributed by atoms with Gasteiger partial charge >= 0.3 is 5.97 Å². The molecule has 0 spiro atoms. The largest absolute Gasteiger partial charge is 0.508 e. The van der Waals surface area contributed by atoms with E-state index in [0.29, 0.717) is 12.4 Å². The van der Waals surface area contributed by atoms with Crippen LogP contribution in [0.15, 0.2) is 18.2 Å². The second kappa shape index (κ2) is 5.24. The highest BCUT2D eigenvalue weighted by Crippen LogP contribution is 2.21. The summed E-state index contributed by atoms with van der Waals surface area (Å²) < 4.78 is 10.1. The van der Waals surface area contributed by atoms with E-state index in [1.54, 1.807) is 18.2 Å². The van der Waals surface area contributed by atoms with Gasteiger partial charge in [-0.15, -0.1) is 0 Å². The van der Waals surface area contributed by atoms with Crippen LogP contribution in [-0.2, 0) is 9.53 Å². The first kappa shape index (κ1) is 11.4. The minimum atomic E-state index is -0.318. The van der Waals surface area contributed by atoms with Crippen LogP contribution in [0.1, 0.15) is 12.5 Å². The van der Waals surface area contributed by atoms with Crippen LogP contribution in [-0.4, -0.2) is 24.3 Å². The minimum absolute atomic E-state index is 0.208. The molecule has 1 aromatic carbocycles. The maximum atomic E-state index is 10.5. The lowest BCUT2D eigenvalue weighted by atomic mass is 10.2. The summed E-state index contributed by atoms with van der Waals surface area (Å²) in [7, 11) is 0. The van der Waals surface area contributed by atoms with E-state index in [2.05, 4.69) is 0 Å². The van der Waals surface area contributed by atoms with E-state index in [1.165, 1.54) is 6.92 Å². The van der Waals surface area contributed by atoms with Crippen LogP contribution in [0.3, 0.4) is 0 Å². The standard InChI is InChI=1S/C11H14O4/c1-8-7-10(13)3-4-11(8)15-6-5-14-9(2)12/h3-4,7,13H,5-6H2,1-2H3. The summed E-state index contributed by atoms with van der Waals surface area (Å²) in [5, 5.41) is 9.16. The van der Waals surface area contributed by atoms with Gasteiger partial charge in [0.1, 0.15) is 24.7 Å². The van der Waals surface area contributed by atoms with Crippen molar-refractivity contribution in [3.8, 4) is 11.5 Å². The van der Waals surface area contributed by atoms with Gasteiger partial charge in [-0.2, -0.15) is 0 Å². The predicted molar refractivity (Wildman–Crippen MR) is 55.0 cm³/mol. The molecule has 0 aliphatic carbocycles. The predicted octanol–water partition coefficient (Wildman–Crippen LogP) is 1.64. The Balaban J connectivity index is 2.40. The number of hydrogen-bond donors (Lipinski definition) is 1. The number of benzene rings is 1. The second-order valence-electron chi connectivity index (χ2n) is 3.14. The van der Waals surface area contributed by atoms with Crippen LogP contribution in [0.25, 0.3) is 0 Å². The summed E-state index contributed by atoms with van der Waals surface area (Å²) in [5.74, 6) is 0.570. The van der Waals surface area contributed by atoms with E-state index < -0.39 is 0 Å². The van der Waals surface area contributed by atoms with E-state index in [4.69, 9.17) is 14.6 Å². The molecule has 1 aromatic rings. The van der Waals surface area contributed by atoms with Crippen LogP contribution in [0, 0.1) is 6.92 Å². The topological polar surface area (TPSA) is 55.8 Å². The van der Waals surface area contributed by atoms with Gasteiger partial charge in [0, 0.05) is 6.92 Å². The Morgan fingerprint density at radius 2 is 2.13 bits per heavy atom. The highest BCUT2D eigenvalue weighted by molar-refractivity contribution is 5.65. The molecule has 1 N–H and O–H groups in total. The lowest BCUT2D eigenvalue weighted by Gasteiger charge is -2.08. The maximum absolute atomic E-state index is 10.5. The lowest BCUT2D eigenvalue weighted by molar-refractivity contribution is -0.141. The van der Waals surface area contributed by atoms with E-state index in [0.717, 1.165) is 5.56 Å². The van der Waals surface area contributed by atoms with Crippen LogP contribution in [0.2, 0.25) is 0 Å². The summed E-state index contributed by atoms with van der Waals surface area (Å²) in [6.45, 7) is 3.73. The molecule has 0 atom stereocenters. The summed E-state index contributed by atoms with van der Waals surface area (Å²) >= 11 is 0. The molecular formula is C11H14O4. The van der Waals surface area contributed by atoms with E-state index in [1.807, 2.05) is 6.92 Å². The molecule has 4 nitrogen and oxygen atoms in total. The molecule has 0 heterocycles. The molecule has 0 aromatic heterocycles. The third-order valence-corrected chi connectivity index (χ3v) is 1.80. The monoisotopic (exact) mass is 210 g/mol. The molecule has 1 rings (SSSR count). The number of carbonyl (C=O) groups is 1. The van der Waals surface area contributed by atoms with Gasteiger partial charge in [0.2, 0.25) is 0 Å². The van der Waals surface area contributed by atoms with Gasteiger partial charge in [-0.25, -0.2) is 0 Å². The molecule has 0 unspecified atom stereocenters. The molecule has 0 saturated heterocycles. The third-order valence-electron chi connectivity index (χ3n) is 1.80. The maximum Gasteiger partial charge on any atom is 0.302 e. The second-order valence-corrected chi connectivity index (χ2v) is 3.14. The van der Waals surface area contributed by atoms with Crippen molar-refractivity contribution in [2.45, 2.75) is 13.8 Å². The van der Waals surface area contributed by atoms with Gasteiger partial charge < -0.3 is 14.6 Å². The number of phenolic OH excluding ortho intramolecular Hbond substituents is 1. The number of carbonyl (C=O) groups excluding carboxylic acids is 1. The smallest absolute Gasteiger partial charge is 0.302 e. The SMILES string of the molecule is CC(=O)OCCOc1ccc(O)cc1C. The zero-order valence-corrected chi connectivity index (χ0v) is 8.82. The number of ether oxygens (including phenoxy) is 2. The third kappa shape index (κ3) is 3.89. The quantitative estimate of drug-likeness (QED) is 0.606. The van der Waals surface area contributed by atoms with Crippen LogP contribution in [0.4, 0.5) is 0 Å². The van der Waals surface area contributed by atoms with Crippen molar-refractivity contribution >= 4 is 5.97 Å². The molecule has 15 heavy (non-hydrogen) atoms. The van der Waals surface area contributed by atoms with Crippen molar-refractivity contribution in [2.24, 2.45) is 0 Å². The highest BCUT2D eigenvalue weighted by Gasteiger charge is 2.00. The lowest BCUT2D eigenvalue weighted by Crippen LogP contribution is -2.09. The number of esters is 1. The zero-order valence-electron chi connectivity index (χ0n) is 8.82. The average Bonchev–Trinajstić information content (AvgIpc) is 2.14. The van der Waals surface area contributed by atoms with Gasteiger partial charge in [-0.1, -0.05) is 0 Å². The number of rotatable bonds is 4. The molecular weight excluding hydrogens is 196 g/mol. The Morgan fingerprint density at radius 3 is 2.73 bits per heavy atom. The highest BCUT2D eigenvalue weighted by atomic mass is 16.6. The number of aryl methyl sites for hydroxylation is 1. The van der Waals surface area contributed by atoms with Gasteiger partial charge in [0.25, 0.3) is 0 Å². The summed E-state index contributed by atoms with van der Waals surface area (Å²) in [4.78, 5) is 10.5. The molecule has 0 aliphatic heterocycles. The number of hydrogen-bond acceptors (Lipinski definition) is 4. The van der Waals surface area contributed by atoms with Crippen molar-refractivity contribution in [1.82, 2.24) is 0 Å². The Kier molecular flexibility index (Phi) is 3.97. The number of phenols is 1. The van der Waals surface area contributed by atoms with E-state index in [-0.39, 0.29) is 18.3 Å². The van der Waals surface area contributed by atoms with Crippen molar-refractivity contribution < 1.29 is 19.4 Å². The summed E-state index contributed by atoms with van der Waals surface area (Å²) in [6, 6.07) is 4.84. The van der Waals surface area contributed by atoms with Crippen molar-refractivity contribution in [2.75, 3.05) is 13.2 Å². The summed E-state index contributed by atoms with van der Waals surface area (Å²) in [5.41, 5.74) is 0.845. The fourth-order valence-electron chi connectivity index (χ4n) is 1.13. The van der Waals surface area contributed by atoms with E-state index >= 15 is 0 Å². The van der Waals surface area contributed by atoms with Crippen LogP contribution in [0.5, 0.6) is 11.5 Å². The first-order chi connectivity index (χ1) is 7.09. The van der Waals surface area contributed by atoms with Gasteiger partial charge in [0.05, 0.1) is 0 Å². The van der Waals surface area contributed by atoms with Crippen molar-refractivity contribution in [3.05, 3.63) is 23.8 Å². The minimum Gasteiger partial charge on any atom is -0.508 e. The van der Waals surface area contributed by atoms with Gasteiger partial charge in [0.15, 0.2) is 0 Å². The first-order valence-electron chi connectivity index (χ1n) is 4.65. The fraction of sp³-hybridized carbons (Fsp3) is 0.364. The molecule has 0 bridgehead atoms. The first-order valence-corrected chi connectivity index (χ1v) is 4.65. The Morgan fingerprint density at radius 1 is 1.40 bits per heavy atom. The zero-order chi connectivity index (χ0) is 11.3. The molecule has 0 amide bonds. The van der Waals surface area contributed by atoms with Crippen LogP contribution < -0.4 is 4.74 Å². The number of aromatic hydroxyl groups is 1. The Hall–Kier alpha value is -1.71. The Labute approximate surface area is 88.4 Å². The van der Waals surface area contributed by atoms with Crippen molar-refractivity contribution in [3.63, 3.8) is 0 Å². The van der Waals surface area contributed by atoms with Gasteiger partial charge in [-0.3, -0.25) is 4.79 Å². The average molecular weight is 210 g/mol. The normalized spacial score (nSPS) is 9.73. The molecule has 0 aliphatic rings. The summed E-state index contributed by atoms with van der Waals surface area (Å²) in [6.07, 6.45) is 0. The van der Waals surface area contributed by atoms with Crippen molar-refractivity contribution in [1.29, 1.82) is 0 Å². The molecule has 0 radical (unpaired) electrons.